The van der Waals surface area contributed by atoms with Crippen LogP contribution in [-0.2, 0) is 16.1 Å². The molecular weight excluding hydrogens is 578 g/mol. The van der Waals surface area contributed by atoms with E-state index in [-0.39, 0.29) is 42.3 Å². The number of carbonyl (C=O) groups is 2. The van der Waals surface area contributed by atoms with Crippen molar-refractivity contribution in [1.29, 1.82) is 0 Å². The number of amides is 2. The van der Waals surface area contributed by atoms with Gasteiger partial charge in [0, 0.05) is 17.7 Å². The van der Waals surface area contributed by atoms with Crippen LogP contribution < -0.4 is 10.2 Å². The average molecular weight is 609 g/mol. The first kappa shape index (κ1) is 29.3. The van der Waals surface area contributed by atoms with Crippen molar-refractivity contribution < 1.29 is 18.4 Å². The van der Waals surface area contributed by atoms with Gasteiger partial charge in [0.15, 0.2) is 0 Å². The van der Waals surface area contributed by atoms with Gasteiger partial charge >= 0.3 is 0 Å². The molecule has 222 valence electrons. The normalized spacial score (nSPS) is 14.7. The first-order valence-electron chi connectivity index (χ1n) is 14.2. The zero-order chi connectivity index (χ0) is 30.8. The van der Waals surface area contributed by atoms with E-state index in [0.29, 0.717) is 17.1 Å². The van der Waals surface area contributed by atoms with Crippen LogP contribution >= 0.6 is 11.8 Å². The van der Waals surface area contributed by atoms with Crippen LogP contribution in [0.3, 0.4) is 0 Å². The van der Waals surface area contributed by atoms with Crippen molar-refractivity contribution in [3.05, 3.63) is 137 Å². The Morgan fingerprint density at radius 3 is 2.43 bits per heavy atom. The van der Waals surface area contributed by atoms with Gasteiger partial charge in [0.05, 0.1) is 22.4 Å². The minimum atomic E-state index is -0.439. The number of halogens is 2. The fourth-order valence-electron chi connectivity index (χ4n) is 5.40. The van der Waals surface area contributed by atoms with Gasteiger partial charge in [-0.1, -0.05) is 66.7 Å². The molecule has 1 aliphatic heterocycles. The van der Waals surface area contributed by atoms with E-state index in [1.165, 1.54) is 40.9 Å². The van der Waals surface area contributed by atoms with Crippen LogP contribution in [-0.4, -0.2) is 33.9 Å². The molecule has 0 saturated heterocycles. The van der Waals surface area contributed by atoms with Crippen molar-refractivity contribution in [1.82, 2.24) is 15.1 Å². The van der Waals surface area contributed by atoms with Crippen molar-refractivity contribution >= 4 is 29.4 Å². The van der Waals surface area contributed by atoms with Gasteiger partial charge in [-0.15, -0.1) is 11.8 Å². The maximum atomic E-state index is 14.6. The number of nitrogens with one attached hydrogen (secondary N) is 1. The fourth-order valence-corrected chi connectivity index (χ4v) is 6.58. The number of nitrogens with zero attached hydrogens (tertiary/aromatic N) is 3. The van der Waals surface area contributed by atoms with E-state index in [1.807, 2.05) is 68.4 Å². The van der Waals surface area contributed by atoms with Crippen molar-refractivity contribution in [2.24, 2.45) is 0 Å². The molecule has 0 fully saturated rings. The van der Waals surface area contributed by atoms with Crippen LogP contribution in [0.5, 0.6) is 0 Å². The Morgan fingerprint density at radius 2 is 1.68 bits per heavy atom. The van der Waals surface area contributed by atoms with E-state index >= 15 is 0 Å². The second-order valence-corrected chi connectivity index (χ2v) is 11.8. The van der Waals surface area contributed by atoms with E-state index in [1.54, 1.807) is 22.9 Å². The number of anilines is 1. The molecule has 6 rings (SSSR count). The van der Waals surface area contributed by atoms with Gasteiger partial charge in [-0.2, -0.15) is 5.10 Å². The standard InChI is InChI=1S/C35H30F2N4O2S/c1-22-8-6-13-29(23(22)2)41-35-32(33(39-41)25-9-4-3-5-10-25)34(26-11-7-12-28(37)18-26)44-21-31(43)40(35)20-30(42)38-19-24-14-16-27(36)17-15-24/h3-18,34H,19-21H2,1-2H3,(H,38,42). The summed E-state index contributed by atoms with van der Waals surface area (Å²) in [5.41, 5.74) is 6.44. The highest BCUT2D eigenvalue weighted by atomic mass is 32.2. The number of carbonyl (C=O) groups excluding carboxylic acids is 2. The van der Waals surface area contributed by atoms with Crippen LogP contribution in [0, 0.1) is 25.5 Å². The molecule has 1 aromatic heterocycles. The molecule has 0 saturated carbocycles. The molecule has 6 nitrogen and oxygen atoms in total. The maximum Gasteiger partial charge on any atom is 0.240 e. The molecule has 1 unspecified atom stereocenters. The highest BCUT2D eigenvalue weighted by Crippen LogP contribution is 2.48. The van der Waals surface area contributed by atoms with Crippen molar-refractivity contribution in [2.45, 2.75) is 25.6 Å². The fraction of sp³-hybridized carbons (Fsp3) is 0.171. The number of aromatic nitrogens is 2. The minimum Gasteiger partial charge on any atom is -0.350 e. The summed E-state index contributed by atoms with van der Waals surface area (Å²) in [4.78, 5) is 28.8. The van der Waals surface area contributed by atoms with Crippen LogP contribution in [0.15, 0.2) is 97.1 Å². The summed E-state index contributed by atoms with van der Waals surface area (Å²) >= 11 is 1.39. The first-order valence-corrected chi connectivity index (χ1v) is 15.3. The molecule has 5 aromatic rings. The van der Waals surface area contributed by atoms with Crippen LogP contribution in [0.1, 0.15) is 33.1 Å². The Balaban J connectivity index is 1.52. The second-order valence-electron chi connectivity index (χ2n) is 10.7. The monoisotopic (exact) mass is 608 g/mol. The Kier molecular flexibility index (Phi) is 8.30. The quantitative estimate of drug-likeness (QED) is 0.218. The van der Waals surface area contributed by atoms with Gasteiger partial charge in [0.1, 0.15) is 24.0 Å². The van der Waals surface area contributed by atoms with Crippen molar-refractivity contribution in [2.75, 3.05) is 17.2 Å². The van der Waals surface area contributed by atoms with E-state index in [4.69, 9.17) is 5.10 Å². The van der Waals surface area contributed by atoms with Gasteiger partial charge in [0.25, 0.3) is 0 Å². The molecular formula is C35H30F2N4O2S. The van der Waals surface area contributed by atoms with Crippen molar-refractivity contribution in [3.8, 4) is 16.9 Å². The predicted octanol–water partition coefficient (Wildman–Crippen LogP) is 6.92. The number of hydrogen-bond donors (Lipinski definition) is 1. The molecule has 4 aromatic carbocycles. The molecule has 2 heterocycles. The predicted molar refractivity (Wildman–Crippen MR) is 170 cm³/mol. The number of rotatable bonds is 7. The highest BCUT2D eigenvalue weighted by molar-refractivity contribution is 8.00. The van der Waals surface area contributed by atoms with Crippen LogP contribution in [0.25, 0.3) is 16.9 Å². The number of benzene rings is 4. The highest BCUT2D eigenvalue weighted by Gasteiger charge is 2.38. The molecule has 0 spiro atoms. The average Bonchev–Trinajstić information content (AvgIpc) is 3.34. The van der Waals surface area contributed by atoms with E-state index in [2.05, 4.69) is 5.32 Å². The SMILES string of the molecule is Cc1cccc(-n2nc(-c3ccccc3)c3c2N(CC(=O)NCc2ccc(F)cc2)C(=O)CSC3c2cccc(F)c2)c1C. The van der Waals surface area contributed by atoms with E-state index in [0.717, 1.165) is 33.5 Å². The Labute approximate surface area is 258 Å². The van der Waals surface area contributed by atoms with Gasteiger partial charge in [-0.05, 0) is 66.4 Å². The Hall–Kier alpha value is -4.76. The van der Waals surface area contributed by atoms with Crippen molar-refractivity contribution in [3.63, 3.8) is 0 Å². The lowest BCUT2D eigenvalue weighted by Crippen LogP contribution is -2.42. The number of fused-ring (bicyclic) bond motifs is 1. The maximum absolute atomic E-state index is 14.6. The largest absolute Gasteiger partial charge is 0.350 e. The zero-order valence-corrected chi connectivity index (χ0v) is 25.1. The molecule has 0 bridgehead atoms. The van der Waals surface area contributed by atoms with Gasteiger partial charge in [-0.25, -0.2) is 13.5 Å². The minimum absolute atomic E-state index is 0.0716. The summed E-state index contributed by atoms with van der Waals surface area (Å²) < 4.78 is 29.7. The van der Waals surface area contributed by atoms with E-state index in [9.17, 15) is 18.4 Å². The van der Waals surface area contributed by atoms with Crippen LogP contribution in [0.2, 0.25) is 0 Å². The summed E-state index contributed by atoms with van der Waals surface area (Å²) in [5, 5.41) is 7.54. The summed E-state index contributed by atoms with van der Waals surface area (Å²) in [6.07, 6.45) is 0. The lowest BCUT2D eigenvalue weighted by Gasteiger charge is -2.24. The second kappa shape index (κ2) is 12.5. The molecule has 0 aliphatic carbocycles. The summed E-state index contributed by atoms with van der Waals surface area (Å²) in [6.45, 7) is 3.93. The Morgan fingerprint density at radius 1 is 0.932 bits per heavy atom. The van der Waals surface area contributed by atoms with E-state index < -0.39 is 5.25 Å². The molecule has 1 N–H and O–H groups in total. The third kappa shape index (κ3) is 5.88. The number of hydrogen-bond acceptors (Lipinski definition) is 4. The number of thioether (sulfide) groups is 1. The number of aryl methyl sites for hydroxylation is 1. The smallest absolute Gasteiger partial charge is 0.240 e. The topological polar surface area (TPSA) is 67.2 Å². The zero-order valence-electron chi connectivity index (χ0n) is 24.3. The summed E-state index contributed by atoms with van der Waals surface area (Å²) in [6, 6.07) is 27.8. The molecule has 9 heteroatoms. The first-order chi connectivity index (χ1) is 21.3. The van der Waals surface area contributed by atoms with Gasteiger partial charge in [0.2, 0.25) is 11.8 Å². The molecule has 2 amide bonds. The molecule has 44 heavy (non-hydrogen) atoms. The summed E-state index contributed by atoms with van der Waals surface area (Å²) in [7, 11) is 0. The third-order valence-corrected chi connectivity index (χ3v) is 9.05. The van der Waals surface area contributed by atoms with Gasteiger partial charge < -0.3 is 5.32 Å². The lowest BCUT2D eigenvalue weighted by molar-refractivity contribution is -0.123. The third-order valence-electron chi connectivity index (χ3n) is 7.80. The lowest BCUT2D eigenvalue weighted by atomic mass is 9.99. The van der Waals surface area contributed by atoms with Crippen LogP contribution in [0.4, 0.5) is 14.6 Å². The Bertz CT molecular complexity index is 1840. The molecule has 0 radical (unpaired) electrons. The van der Waals surface area contributed by atoms with Gasteiger partial charge in [-0.3, -0.25) is 14.5 Å². The molecule has 1 atom stereocenters. The summed E-state index contributed by atoms with van der Waals surface area (Å²) in [5.74, 6) is -0.834. The molecule has 1 aliphatic rings.